The van der Waals surface area contributed by atoms with Gasteiger partial charge >= 0.3 is 0 Å². The lowest BCUT2D eigenvalue weighted by Crippen LogP contribution is -2.29. The SMILES string of the molecule is Cc1nn(C)c(C)c1C(C)NCC1CCCC1CO. The second-order valence-corrected chi connectivity index (χ2v) is 5.97. The maximum atomic E-state index is 9.37. The first-order valence-electron chi connectivity index (χ1n) is 7.39. The van der Waals surface area contributed by atoms with Crippen molar-refractivity contribution in [1.29, 1.82) is 0 Å². The highest BCUT2D eigenvalue weighted by Crippen LogP contribution is 2.31. The number of hydrogen-bond donors (Lipinski definition) is 2. The summed E-state index contributed by atoms with van der Waals surface area (Å²) in [5, 5.41) is 17.5. The second kappa shape index (κ2) is 6.06. The molecule has 3 unspecified atom stereocenters. The van der Waals surface area contributed by atoms with Gasteiger partial charge in [-0.1, -0.05) is 6.42 Å². The third-order valence-corrected chi connectivity index (χ3v) is 4.74. The van der Waals surface area contributed by atoms with E-state index in [2.05, 4.69) is 31.2 Å². The van der Waals surface area contributed by atoms with Crippen molar-refractivity contribution in [2.24, 2.45) is 18.9 Å². The minimum atomic E-state index is 0.327. The number of nitrogens with one attached hydrogen (secondary N) is 1. The molecule has 1 saturated carbocycles. The van der Waals surface area contributed by atoms with Crippen LogP contribution in [0.2, 0.25) is 0 Å². The van der Waals surface area contributed by atoms with Crippen molar-refractivity contribution in [3.8, 4) is 0 Å². The van der Waals surface area contributed by atoms with Gasteiger partial charge in [-0.2, -0.15) is 5.10 Å². The number of aliphatic hydroxyl groups excluding tert-OH is 1. The van der Waals surface area contributed by atoms with E-state index < -0.39 is 0 Å². The first-order chi connectivity index (χ1) is 9.04. The molecule has 1 heterocycles. The Kier molecular flexibility index (Phi) is 4.63. The summed E-state index contributed by atoms with van der Waals surface area (Å²) in [6, 6.07) is 0.327. The molecule has 0 amide bonds. The van der Waals surface area contributed by atoms with E-state index in [0.717, 1.165) is 12.2 Å². The van der Waals surface area contributed by atoms with Crippen molar-refractivity contribution in [1.82, 2.24) is 15.1 Å². The summed E-state index contributed by atoms with van der Waals surface area (Å²) in [5.41, 5.74) is 3.67. The van der Waals surface area contributed by atoms with Gasteiger partial charge in [-0.05, 0) is 52.0 Å². The molecule has 1 fully saturated rings. The summed E-state index contributed by atoms with van der Waals surface area (Å²) in [5.74, 6) is 1.13. The summed E-state index contributed by atoms with van der Waals surface area (Å²) >= 11 is 0. The standard InChI is InChI=1S/C15H27N3O/c1-10(15-11(2)17-18(4)12(15)3)16-8-13-6-5-7-14(13)9-19/h10,13-14,16,19H,5-9H2,1-4H3. The van der Waals surface area contributed by atoms with Gasteiger partial charge in [0, 0.05) is 31.0 Å². The van der Waals surface area contributed by atoms with E-state index in [9.17, 15) is 5.11 Å². The van der Waals surface area contributed by atoms with Crippen LogP contribution in [0.3, 0.4) is 0 Å². The van der Waals surface area contributed by atoms with Gasteiger partial charge in [0.05, 0.1) is 5.69 Å². The van der Waals surface area contributed by atoms with Crippen LogP contribution < -0.4 is 5.32 Å². The highest BCUT2D eigenvalue weighted by atomic mass is 16.3. The lowest BCUT2D eigenvalue weighted by atomic mass is 9.96. The van der Waals surface area contributed by atoms with Gasteiger partial charge in [0.15, 0.2) is 0 Å². The van der Waals surface area contributed by atoms with E-state index in [1.807, 2.05) is 11.7 Å². The Balaban J connectivity index is 1.96. The van der Waals surface area contributed by atoms with Crippen molar-refractivity contribution in [3.05, 3.63) is 17.0 Å². The molecule has 0 radical (unpaired) electrons. The topological polar surface area (TPSA) is 50.1 Å². The zero-order chi connectivity index (χ0) is 14.0. The van der Waals surface area contributed by atoms with Gasteiger partial charge in [0.1, 0.15) is 0 Å². The third-order valence-electron chi connectivity index (χ3n) is 4.74. The fourth-order valence-electron chi connectivity index (χ4n) is 3.47. The average molecular weight is 265 g/mol. The normalized spacial score (nSPS) is 24.9. The van der Waals surface area contributed by atoms with Gasteiger partial charge in [-0.15, -0.1) is 0 Å². The number of aromatic nitrogens is 2. The van der Waals surface area contributed by atoms with Crippen LogP contribution in [0.5, 0.6) is 0 Å². The van der Waals surface area contributed by atoms with Crippen molar-refractivity contribution >= 4 is 0 Å². The first kappa shape index (κ1) is 14.5. The molecule has 1 aliphatic rings. The van der Waals surface area contributed by atoms with E-state index in [1.54, 1.807) is 0 Å². The molecule has 19 heavy (non-hydrogen) atoms. The Bertz CT molecular complexity index is 427. The van der Waals surface area contributed by atoms with E-state index in [-0.39, 0.29) is 0 Å². The highest BCUT2D eigenvalue weighted by molar-refractivity contribution is 5.27. The number of rotatable bonds is 5. The number of aryl methyl sites for hydroxylation is 2. The first-order valence-corrected chi connectivity index (χ1v) is 7.39. The molecule has 0 saturated heterocycles. The summed E-state index contributed by atoms with van der Waals surface area (Å²) < 4.78 is 1.95. The predicted octanol–water partition coefficient (Wildman–Crippen LogP) is 2.10. The third kappa shape index (κ3) is 3.00. The maximum Gasteiger partial charge on any atom is 0.0644 e. The fraction of sp³-hybridized carbons (Fsp3) is 0.800. The minimum Gasteiger partial charge on any atom is -0.396 e. The highest BCUT2D eigenvalue weighted by Gasteiger charge is 2.27. The fourth-order valence-corrected chi connectivity index (χ4v) is 3.47. The van der Waals surface area contributed by atoms with Gasteiger partial charge in [0.25, 0.3) is 0 Å². The van der Waals surface area contributed by atoms with E-state index >= 15 is 0 Å². The molecule has 4 heteroatoms. The van der Waals surface area contributed by atoms with Gasteiger partial charge in [0.2, 0.25) is 0 Å². The van der Waals surface area contributed by atoms with Crippen LogP contribution in [-0.4, -0.2) is 28.0 Å². The zero-order valence-corrected chi connectivity index (χ0v) is 12.6. The average Bonchev–Trinajstić information content (AvgIpc) is 2.92. The smallest absolute Gasteiger partial charge is 0.0644 e. The van der Waals surface area contributed by atoms with Crippen LogP contribution in [0.25, 0.3) is 0 Å². The van der Waals surface area contributed by atoms with Crippen LogP contribution in [0.15, 0.2) is 0 Å². The molecule has 0 aromatic carbocycles. The molecule has 108 valence electrons. The minimum absolute atomic E-state index is 0.327. The van der Waals surface area contributed by atoms with Crippen molar-refractivity contribution < 1.29 is 5.11 Å². The Hall–Kier alpha value is -0.870. The Morgan fingerprint density at radius 1 is 1.37 bits per heavy atom. The van der Waals surface area contributed by atoms with E-state index in [0.29, 0.717) is 24.5 Å². The molecule has 3 atom stereocenters. The van der Waals surface area contributed by atoms with Crippen molar-refractivity contribution in [3.63, 3.8) is 0 Å². The maximum absolute atomic E-state index is 9.37. The van der Waals surface area contributed by atoms with Crippen LogP contribution >= 0.6 is 0 Å². The quantitative estimate of drug-likeness (QED) is 0.857. The van der Waals surface area contributed by atoms with Gasteiger partial charge in [-0.3, -0.25) is 4.68 Å². The monoisotopic (exact) mass is 265 g/mol. The summed E-state index contributed by atoms with van der Waals surface area (Å²) in [7, 11) is 2.00. The predicted molar refractivity (Wildman–Crippen MR) is 77.0 cm³/mol. The largest absolute Gasteiger partial charge is 0.396 e. The molecule has 1 aliphatic carbocycles. The number of nitrogens with zero attached hydrogens (tertiary/aromatic N) is 2. The summed E-state index contributed by atoms with van der Waals surface area (Å²) in [6.45, 7) is 7.75. The van der Waals surface area contributed by atoms with Gasteiger partial charge < -0.3 is 10.4 Å². The zero-order valence-electron chi connectivity index (χ0n) is 12.6. The van der Waals surface area contributed by atoms with E-state index in [1.165, 1.54) is 30.5 Å². The van der Waals surface area contributed by atoms with Crippen LogP contribution in [-0.2, 0) is 7.05 Å². The molecule has 2 N–H and O–H groups in total. The van der Waals surface area contributed by atoms with Crippen LogP contribution in [0, 0.1) is 25.7 Å². The molecule has 0 spiro atoms. The van der Waals surface area contributed by atoms with Crippen LogP contribution in [0.4, 0.5) is 0 Å². The molecule has 4 nitrogen and oxygen atoms in total. The van der Waals surface area contributed by atoms with Crippen molar-refractivity contribution in [2.75, 3.05) is 13.2 Å². The lowest BCUT2D eigenvalue weighted by molar-refractivity contribution is 0.190. The summed E-state index contributed by atoms with van der Waals surface area (Å²) in [6.07, 6.45) is 3.69. The second-order valence-electron chi connectivity index (χ2n) is 5.97. The Morgan fingerprint density at radius 2 is 2.05 bits per heavy atom. The van der Waals surface area contributed by atoms with Crippen LogP contribution in [0.1, 0.15) is 49.2 Å². The number of aliphatic hydroxyl groups is 1. The molecule has 1 aromatic heterocycles. The molecule has 0 aliphatic heterocycles. The molecular formula is C15H27N3O. The molecule has 1 aromatic rings. The summed E-state index contributed by atoms with van der Waals surface area (Å²) in [4.78, 5) is 0. The van der Waals surface area contributed by atoms with Crippen molar-refractivity contribution in [2.45, 2.75) is 46.1 Å². The number of hydrogen-bond acceptors (Lipinski definition) is 3. The molecule has 0 bridgehead atoms. The lowest BCUT2D eigenvalue weighted by Gasteiger charge is -2.21. The van der Waals surface area contributed by atoms with Gasteiger partial charge in [-0.25, -0.2) is 0 Å². The molecular weight excluding hydrogens is 238 g/mol. The Labute approximate surface area is 116 Å². The molecule has 2 rings (SSSR count). The Morgan fingerprint density at radius 3 is 2.63 bits per heavy atom. The van der Waals surface area contributed by atoms with E-state index in [4.69, 9.17) is 0 Å².